The highest BCUT2D eigenvalue weighted by Crippen LogP contribution is 2.22. The first kappa shape index (κ1) is 14.9. The summed E-state index contributed by atoms with van der Waals surface area (Å²) in [5.41, 5.74) is 0.545. The Morgan fingerprint density at radius 1 is 1.20 bits per heavy atom. The largest absolute Gasteiger partial charge is 0.326 e. The molecular weight excluding hydrogens is 352 g/mol. The van der Waals surface area contributed by atoms with Crippen LogP contribution in [0.25, 0.3) is 0 Å². The zero-order valence-corrected chi connectivity index (χ0v) is 12.4. The maximum absolute atomic E-state index is 13.5. The molecule has 6 heteroatoms. The first-order valence-corrected chi connectivity index (χ1v) is 6.82. The van der Waals surface area contributed by atoms with E-state index in [1.165, 1.54) is 36.4 Å². The van der Waals surface area contributed by atoms with Gasteiger partial charge in [0.05, 0.1) is 10.9 Å². The first-order valence-electron chi connectivity index (χ1n) is 5.65. The molecule has 0 unspecified atom stereocenters. The minimum absolute atomic E-state index is 0.132. The molecule has 20 heavy (non-hydrogen) atoms. The Morgan fingerprint density at radius 3 is 2.60 bits per heavy atom. The molecule has 2 aromatic carbocycles. The molecule has 0 aliphatic heterocycles. The van der Waals surface area contributed by atoms with Gasteiger partial charge in [-0.05, 0) is 46.3 Å². The summed E-state index contributed by atoms with van der Waals surface area (Å²) in [5, 5.41) is 2.75. The molecule has 0 saturated carbocycles. The van der Waals surface area contributed by atoms with Crippen LogP contribution in [0.5, 0.6) is 0 Å². The average molecular weight is 361 g/mol. The van der Waals surface area contributed by atoms with Gasteiger partial charge in [0.25, 0.3) is 0 Å². The van der Waals surface area contributed by atoms with Gasteiger partial charge < -0.3 is 5.32 Å². The number of amides is 1. The molecule has 1 N–H and O–H groups in total. The van der Waals surface area contributed by atoms with Crippen LogP contribution in [-0.4, -0.2) is 5.91 Å². The van der Waals surface area contributed by atoms with Gasteiger partial charge in [-0.15, -0.1) is 0 Å². The zero-order chi connectivity index (χ0) is 14.7. The van der Waals surface area contributed by atoms with E-state index in [0.717, 1.165) is 0 Å². The normalized spacial score (nSPS) is 10.4. The second kappa shape index (κ2) is 6.33. The Hall–Kier alpha value is -1.46. The lowest BCUT2D eigenvalue weighted by Gasteiger charge is -2.08. The molecule has 0 aliphatic rings. The van der Waals surface area contributed by atoms with Crippen LogP contribution in [0.1, 0.15) is 5.56 Å². The van der Waals surface area contributed by atoms with Gasteiger partial charge in [0.2, 0.25) is 5.91 Å². The average Bonchev–Trinajstić information content (AvgIpc) is 2.38. The summed E-state index contributed by atoms with van der Waals surface area (Å²) in [6.45, 7) is 0. The second-order valence-electron chi connectivity index (χ2n) is 4.05. The third kappa shape index (κ3) is 3.55. The number of benzene rings is 2. The molecule has 0 radical (unpaired) electrons. The van der Waals surface area contributed by atoms with Crippen molar-refractivity contribution >= 4 is 39.1 Å². The SMILES string of the molecule is O=C(Cc1c(F)cccc1Cl)Nc1ccc(F)c(Br)c1. The summed E-state index contributed by atoms with van der Waals surface area (Å²) in [6.07, 6.45) is -0.194. The summed E-state index contributed by atoms with van der Waals surface area (Å²) in [5.74, 6) is -1.40. The van der Waals surface area contributed by atoms with Gasteiger partial charge >= 0.3 is 0 Å². The highest BCUT2D eigenvalue weighted by Gasteiger charge is 2.12. The van der Waals surface area contributed by atoms with Gasteiger partial charge in [-0.3, -0.25) is 4.79 Å². The van der Waals surface area contributed by atoms with Crippen molar-refractivity contribution in [3.05, 3.63) is 63.1 Å². The fraction of sp³-hybridized carbons (Fsp3) is 0.0714. The van der Waals surface area contributed by atoms with Crippen molar-refractivity contribution in [1.29, 1.82) is 0 Å². The van der Waals surface area contributed by atoms with Gasteiger partial charge in [-0.25, -0.2) is 8.78 Å². The van der Waals surface area contributed by atoms with Gasteiger partial charge in [-0.2, -0.15) is 0 Å². The predicted octanol–water partition coefficient (Wildman–Crippen LogP) is 4.56. The summed E-state index contributed by atoms with van der Waals surface area (Å²) in [6, 6.07) is 8.29. The maximum atomic E-state index is 13.5. The van der Waals surface area contributed by atoms with Crippen LogP contribution < -0.4 is 5.32 Å². The molecule has 0 aromatic heterocycles. The minimum Gasteiger partial charge on any atom is -0.326 e. The first-order chi connectivity index (χ1) is 9.47. The molecule has 2 nitrogen and oxygen atoms in total. The van der Waals surface area contributed by atoms with Crippen LogP contribution in [0.3, 0.4) is 0 Å². The van der Waals surface area contributed by atoms with Crippen molar-refractivity contribution in [3.8, 4) is 0 Å². The quantitative estimate of drug-likeness (QED) is 0.854. The van der Waals surface area contributed by atoms with Crippen molar-refractivity contribution in [3.63, 3.8) is 0 Å². The number of anilines is 1. The lowest BCUT2D eigenvalue weighted by Crippen LogP contribution is -2.15. The standard InChI is InChI=1S/C14H9BrClF2NO/c15-10-6-8(4-5-13(10)18)19-14(20)7-9-11(16)2-1-3-12(9)17/h1-6H,7H2,(H,19,20). The molecular formula is C14H9BrClF2NO. The molecule has 1 amide bonds. The van der Waals surface area contributed by atoms with E-state index in [1.807, 2.05) is 0 Å². The number of hydrogen-bond acceptors (Lipinski definition) is 1. The Balaban J connectivity index is 2.11. The van der Waals surface area contributed by atoms with Crippen molar-refractivity contribution in [2.75, 3.05) is 5.32 Å². The third-order valence-electron chi connectivity index (χ3n) is 2.60. The van der Waals surface area contributed by atoms with Crippen molar-refractivity contribution in [2.45, 2.75) is 6.42 Å². The van der Waals surface area contributed by atoms with Crippen molar-refractivity contribution in [1.82, 2.24) is 0 Å². The third-order valence-corrected chi connectivity index (χ3v) is 3.56. The molecule has 2 aromatic rings. The van der Waals surface area contributed by atoms with Crippen LogP contribution in [0.2, 0.25) is 5.02 Å². The van der Waals surface area contributed by atoms with E-state index in [4.69, 9.17) is 11.6 Å². The molecule has 2 rings (SSSR count). The monoisotopic (exact) mass is 359 g/mol. The summed E-state index contributed by atoms with van der Waals surface area (Å²) >= 11 is 8.86. The summed E-state index contributed by atoms with van der Waals surface area (Å²) in [7, 11) is 0. The van der Waals surface area contributed by atoms with E-state index >= 15 is 0 Å². The maximum Gasteiger partial charge on any atom is 0.228 e. The summed E-state index contributed by atoms with van der Waals surface area (Å²) in [4.78, 5) is 11.8. The van der Waals surface area contributed by atoms with Gasteiger partial charge in [0, 0.05) is 16.3 Å². The molecule has 0 aliphatic carbocycles. The number of hydrogen-bond donors (Lipinski definition) is 1. The fourth-order valence-corrected chi connectivity index (χ4v) is 2.25. The summed E-state index contributed by atoms with van der Waals surface area (Å²) < 4.78 is 26.8. The van der Waals surface area contributed by atoms with E-state index in [-0.39, 0.29) is 21.5 Å². The van der Waals surface area contributed by atoms with E-state index < -0.39 is 17.5 Å². The lowest BCUT2D eigenvalue weighted by molar-refractivity contribution is -0.115. The highest BCUT2D eigenvalue weighted by atomic mass is 79.9. The number of nitrogens with one attached hydrogen (secondary N) is 1. The Morgan fingerprint density at radius 2 is 1.95 bits per heavy atom. The second-order valence-corrected chi connectivity index (χ2v) is 5.32. The number of halogens is 4. The molecule has 0 fully saturated rings. The molecule has 0 atom stereocenters. The van der Waals surface area contributed by atoms with Crippen LogP contribution in [0, 0.1) is 11.6 Å². The van der Waals surface area contributed by atoms with Crippen LogP contribution in [-0.2, 0) is 11.2 Å². The van der Waals surface area contributed by atoms with E-state index in [2.05, 4.69) is 21.2 Å². The van der Waals surface area contributed by atoms with Gasteiger partial charge in [0.15, 0.2) is 0 Å². The number of rotatable bonds is 3. The number of carbonyl (C=O) groups is 1. The molecule has 0 heterocycles. The van der Waals surface area contributed by atoms with Gasteiger partial charge in [-0.1, -0.05) is 17.7 Å². The van der Waals surface area contributed by atoms with Crippen LogP contribution in [0.15, 0.2) is 40.9 Å². The van der Waals surface area contributed by atoms with Crippen LogP contribution in [0.4, 0.5) is 14.5 Å². The van der Waals surface area contributed by atoms with E-state index in [9.17, 15) is 13.6 Å². The Kier molecular flexibility index (Phi) is 4.73. The lowest BCUT2D eigenvalue weighted by atomic mass is 10.1. The smallest absolute Gasteiger partial charge is 0.228 e. The van der Waals surface area contributed by atoms with Crippen LogP contribution >= 0.6 is 27.5 Å². The minimum atomic E-state index is -0.534. The molecule has 104 valence electrons. The Labute approximate surface area is 127 Å². The zero-order valence-electron chi connectivity index (χ0n) is 10.1. The molecule has 0 saturated heterocycles. The topological polar surface area (TPSA) is 29.1 Å². The fourth-order valence-electron chi connectivity index (χ4n) is 1.64. The predicted molar refractivity (Wildman–Crippen MR) is 77.8 cm³/mol. The van der Waals surface area contributed by atoms with E-state index in [1.54, 1.807) is 0 Å². The highest BCUT2D eigenvalue weighted by molar-refractivity contribution is 9.10. The van der Waals surface area contributed by atoms with Crippen molar-refractivity contribution < 1.29 is 13.6 Å². The van der Waals surface area contributed by atoms with E-state index in [0.29, 0.717) is 5.69 Å². The number of carbonyl (C=O) groups excluding carboxylic acids is 1. The Bertz CT molecular complexity index is 643. The molecule has 0 bridgehead atoms. The van der Waals surface area contributed by atoms with Crippen molar-refractivity contribution in [2.24, 2.45) is 0 Å². The molecule has 0 spiro atoms. The van der Waals surface area contributed by atoms with Gasteiger partial charge in [0.1, 0.15) is 11.6 Å².